The fourth-order valence-corrected chi connectivity index (χ4v) is 5.87. The molecule has 0 aliphatic heterocycles. The number of hydrogen-bond donors (Lipinski definition) is 0. The lowest BCUT2D eigenvalue weighted by molar-refractivity contribution is -0.384. The van der Waals surface area contributed by atoms with E-state index in [1.165, 1.54) is 24.3 Å². The normalized spacial score (nSPS) is 11.8. The van der Waals surface area contributed by atoms with Gasteiger partial charge in [0, 0.05) is 64.4 Å². The minimum atomic E-state index is -1.15. The molecule has 43 heavy (non-hydrogen) atoms. The van der Waals surface area contributed by atoms with Gasteiger partial charge in [-0.1, -0.05) is 45.9 Å². The zero-order valence-corrected chi connectivity index (χ0v) is 28.8. The molecule has 0 fully saturated rings. The van der Waals surface area contributed by atoms with Gasteiger partial charge in [0.1, 0.15) is 11.3 Å². The van der Waals surface area contributed by atoms with Crippen LogP contribution in [0.15, 0.2) is 41.0 Å². The van der Waals surface area contributed by atoms with Crippen molar-refractivity contribution in [2.75, 3.05) is 13.2 Å². The summed E-state index contributed by atoms with van der Waals surface area (Å²) >= 11 is 3.34. The number of fused-ring (bicyclic) bond motifs is 2. The van der Waals surface area contributed by atoms with Crippen molar-refractivity contribution in [3.63, 3.8) is 0 Å². The fourth-order valence-electron chi connectivity index (χ4n) is 3.84. The Labute approximate surface area is 260 Å². The van der Waals surface area contributed by atoms with E-state index < -0.39 is 26.0 Å². The van der Waals surface area contributed by atoms with Crippen LogP contribution < -0.4 is 0 Å². The van der Waals surface area contributed by atoms with E-state index in [9.17, 15) is 20.2 Å². The average molecular weight is 691 g/mol. The lowest BCUT2D eigenvalue weighted by Crippen LogP contribution is -2.22. The summed E-state index contributed by atoms with van der Waals surface area (Å²) in [6.07, 6.45) is 0. The molecule has 16 heteroatoms. The highest BCUT2D eigenvalue weighted by Gasteiger charge is 2.18. The van der Waals surface area contributed by atoms with Gasteiger partial charge in [0.05, 0.1) is 20.9 Å². The molecule has 13 nitrogen and oxygen atoms in total. The Kier molecular flexibility index (Phi) is 11.3. The Bertz CT molecular complexity index is 1650. The molecule has 2 heterocycles. The Balaban J connectivity index is 0.000000236. The van der Waals surface area contributed by atoms with Gasteiger partial charge in [-0.25, -0.2) is 4.68 Å². The zero-order chi connectivity index (χ0) is 31.9. The highest BCUT2D eigenvalue weighted by Crippen LogP contribution is 2.29. The van der Waals surface area contributed by atoms with E-state index in [4.69, 9.17) is 16.0 Å². The van der Waals surface area contributed by atoms with Crippen molar-refractivity contribution in [3.05, 3.63) is 72.6 Å². The molecule has 0 unspecified atom stereocenters. The number of rotatable bonds is 12. The third-order valence-corrected chi connectivity index (χ3v) is 10.3. The number of nitrogens with zero attached hydrogens (tertiary/aromatic N) is 7. The maximum atomic E-state index is 10.8. The fraction of sp³-hybridized carbons (Fsp3) is 0.444. The van der Waals surface area contributed by atoms with Crippen LogP contribution in [0.2, 0.25) is 51.4 Å². The number of nitro benzene ring substituents is 2. The molecular formula is C27H36BrN7O6Si2. The molecular weight excluding hydrogens is 654 g/mol. The summed E-state index contributed by atoms with van der Waals surface area (Å²) in [5.41, 5.74) is 1.50. The van der Waals surface area contributed by atoms with Crippen LogP contribution in [-0.4, -0.2) is 58.8 Å². The second-order valence-corrected chi connectivity index (χ2v) is 24.3. The van der Waals surface area contributed by atoms with Crippen molar-refractivity contribution in [2.45, 2.75) is 64.8 Å². The van der Waals surface area contributed by atoms with Crippen LogP contribution in [-0.2, 0) is 22.9 Å². The average Bonchev–Trinajstić information content (AvgIpc) is 3.44. The largest absolute Gasteiger partial charge is 0.360 e. The molecule has 4 aromatic rings. The van der Waals surface area contributed by atoms with E-state index in [0.29, 0.717) is 35.5 Å². The first-order valence-electron chi connectivity index (χ1n) is 13.6. The summed E-state index contributed by atoms with van der Waals surface area (Å²) in [6, 6.07) is 11.3. The van der Waals surface area contributed by atoms with E-state index in [1.54, 1.807) is 21.5 Å². The SMILES string of the molecule is C[Si](C)(C)CCOCn1nc(Br)c2cc([N+](=O)[O-])ccc21.[C-]#[N+]c1nn(COCC[Si](C)(C)C)c2ccc([N+](=O)[O-])cc12. The molecule has 0 atom stereocenters. The van der Waals surface area contributed by atoms with Crippen LogP contribution in [0.4, 0.5) is 17.2 Å². The van der Waals surface area contributed by atoms with E-state index in [-0.39, 0.29) is 23.9 Å². The topological polar surface area (TPSA) is 145 Å². The van der Waals surface area contributed by atoms with Crippen LogP contribution in [0.3, 0.4) is 0 Å². The van der Waals surface area contributed by atoms with Gasteiger partial charge in [-0.15, -0.1) is 0 Å². The van der Waals surface area contributed by atoms with Crippen LogP contribution in [0.25, 0.3) is 26.7 Å². The maximum Gasteiger partial charge on any atom is 0.303 e. The first-order valence-corrected chi connectivity index (χ1v) is 21.8. The summed E-state index contributed by atoms with van der Waals surface area (Å²) in [6.45, 7) is 22.8. The van der Waals surface area contributed by atoms with Gasteiger partial charge in [-0.2, -0.15) is 9.78 Å². The number of ether oxygens (including phenoxy) is 2. The molecule has 0 spiro atoms. The zero-order valence-electron chi connectivity index (χ0n) is 25.2. The first kappa shape index (κ1) is 34.0. The highest BCUT2D eigenvalue weighted by atomic mass is 79.9. The van der Waals surface area contributed by atoms with Crippen molar-refractivity contribution < 1.29 is 19.3 Å². The van der Waals surface area contributed by atoms with Crippen LogP contribution in [0.5, 0.6) is 0 Å². The minimum absolute atomic E-state index is 0.0448. The molecule has 0 aliphatic carbocycles. The Morgan fingerprint density at radius 1 is 0.814 bits per heavy atom. The highest BCUT2D eigenvalue weighted by molar-refractivity contribution is 9.10. The van der Waals surface area contributed by atoms with Gasteiger partial charge in [0.2, 0.25) is 0 Å². The summed E-state index contributed by atoms with van der Waals surface area (Å²) in [7, 11) is -2.25. The van der Waals surface area contributed by atoms with E-state index >= 15 is 0 Å². The molecule has 0 N–H and O–H groups in total. The molecule has 0 aliphatic rings. The Morgan fingerprint density at radius 3 is 1.70 bits per heavy atom. The number of hydrogen-bond acceptors (Lipinski definition) is 8. The van der Waals surface area contributed by atoms with Crippen molar-refractivity contribution in [1.82, 2.24) is 19.6 Å². The summed E-state index contributed by atoms with van der Waals surface area (Å²) in [5, 5.41) is 31.3. The van der Waals surface area contributed by atoms with Gasteiger partial charge < -0.3 is 14.3 Å². The molecule has 230 valence electrons. The van der Waals surface area contributed by atoms with E-state index in [1.807, 2.05) is 0 Å². The first-order chi connectivity index (χ1) is 20.1. The number of benzene rings is 2. The number of aromatic nitrogens is 4. The molecule has 2 aromatic carbocycles. The third kappa shape index (κ3) is 9.76. The molecule has 0 radical (unpaired) electrons. The van der Waals surface area contributed by atoms with E-state index in [0.717, 1.165) is 23.0 Å². The van der Waals surface area contributed by atoms with Gasteiger partial charge in [0.15, 0.2) is 6.73 Å². The third-order valence-electron chi connectivity index (χ3n) is 6.35. The van der Waals surface area contributed by atoms with Crippen molar-refractivity contribution in [3.8, 4) is 0 Å². The quantitative estimate of drug-likeness (QED) is 0.0481. The monoisotopic (exact) mass is 689 g/mol. The number of non-ortho nitro benzene ring substituents is 2. The molecule has 0 saturated heterocycles. The van der Waals surface area contributed by atoms with Gasteiger partial charge in [-0.05, 0) is 45.2 Å². The summed E-state index contributed by atoms with van der Waals surface area (Å²) in [4.78, 5) is 24.1. The molecule has 2 aromatic heterocycles. The van der Waals surface area contributed by atoms with Gasteiger partial charge in [0.25, 0.3) is 11.4 Å². The van der Waals surface area contributed by atoms with Crippen LogP contribution in [0, 0.1) is 26.8 Å². The molecule has 4 rings (SSSR count). The lowest BCUT2D eigenvalue weighted by atomic mass is 10.2. The summed E-state index contributed by atoms with van der Waals surface area (Å²) < 4.78 is 15.2. The molecule has 0 bridgehead atoms. The number of nitro groups is 2. The van der Waals surface area contributed by atoms with Gasteiger partial charge in [-0.3, -0.25) is 20.2 Å². The standard InChI is InChI=1S/C14H18N4O3Si.C13H18BrN3O3Si/c1-15-14-12-9-11(18(19)20)5-6-13(12)17(16-14)10-21-7-8-22(2,3)4;1-21(2,3)7-6-20-9-16-12-5-4-10(17(18)19)8-11(12)13(14)15-16/h5-6,9H,7-8,10H2,2-4H3;4-5,8H,6-7,9H2,1-3H3. The Morgan fingerprint density at radius 2 is 1.26 bits per heavy atom. The smallest absolute Gasteiger partial charge is 0.303 e. The second-order valence-electron chi connectivity index (χ2n) is 12.3. The second kappa shape index (κ2) is 14.3. The minimum Gasteiger partial charge on any atom is -0.360 e. The van der Waals surface area contributed by atoms with Crippen molar-refractivity contribution in [2.24, 2.45) is 0 Å². The predicted octanol–water partition coefficient (Wildman–Crippen LogP) is 7.83. The maximum absolute atomic E-state index is 10.8. The van der Waals surface area contributed by atoms with Crippen LogP contribution >= 0.6 is 15.9 Å². The predicted molar refractivity (Wildman–Crippen MR) is 175 cm³/mol. The molecule has 0 saturated carbocycles. The Hall–Kier alpha value is -3.50. The van der Waals surface area contributed by atoms with Gasteiger partial charge >= 0.3 is 5.82 Å². The van der Waals surface area contributed by atoms with Crippen molar-refractivity contribution in [1.29, 1.82) is 0 Å². The lowest BCUT2D eigenvalue weighted by Gasteiger charge is -2.15. The number of halogens is 1. The van der Waals surface area contributed by atoms with Crippen LogP contribution in [0.1, 0.15) is 0 Å². The summed E-state index contributed by atoms with van der Waals surface area (Å²) in [5.74, 6) is 0.160. The van der Waals surface area contributed by atoms with Crippen molar-refractivity contribution >= 4 is 71.1 Å². The van der Waals surface area contributed by atoms with E-state index in [2.05, 4.69) is 70.3 Å². The molecule has 0 amide bonds.